The van der Waals surface area contributed by atoms with Crippen LogP contribution >= 0.6 is 0 Å². The molecule has 2 aromatic rings. The molecule has 4 amide bonds. The monoisotopic (exact) mass is 598 g/mol. The van der Waals surface area contributed by atoms with Crippen LogP contribution in [-0.2, 0) is 22.6 Å². The van der Waals surface area contributed by atoms with Gasteiger partial charge in [0.15, 0.2) is 0 Å². The van der Waals surface area contributed by atoms with E-state index in [1.165, 1.54) is 0 Å². The Labute approximate surface area is 256 Å². The van der Waals surface area contributed by atoms with E-state index >= 15 is 0 Å². The molecule has 6 rings (SSSR count). The fraction of sp³-hybridized carbons (Fsp3) is 0.344. The first-order valence-corrected chi connectivity index (χ1v) is 14.8. The SMILES string of the molecule is C=CCN1CC(=O)N2[C@@H](Cc3ccc(O)cc3)C(=O)N(CC3=CC4NNN(C)C4C=C3)C[C@@H]2N1C(=O)NCc1ccccc1. The Kier molecular flexibility index (Phi) is 8.49. The Hall–Kier alpha value is -4.49. The van der Waals surface area contributed by atoms with Gasteiger partial charge in [0.05, 0.1) is 25.2 Å². The van der Waals surface area contributed by atoms with Crippen LogP contribution in [0.4, 0.5) is 4.79 Å². The number of aromatic hydroxyl groups is 1. The van der Waals surface area contributed by atoms with Gasteiger partial charge in [-0.3, -0.25) is 9.59 Å². The first-order chi connectivity index (χ1) is 21.3. The lowest BCUT2D eigenvalue weighted by Gasteiger charge is -2.55. The van der Waals surface area contributed by atoms with Crippen molar-refractivity contribution in [1.82, 2.24) is 41.1 Å². The fourth-order valence-corrected chi connectivity index (χ4v) is 6.35. The quantitative estimate of drug-likeness (QED) is 0.334. The zero-order valence-electron chi connectivity index (χ0n) is 24.7. The predicted octanol–water partition coefficient (Wildman–Crippen LogP) is 1.12. The van der Waals surface area contributed by atoms with Crippen LogP contribution in [0.3, 0.4) is 0 Å². The van der Waals surface area contributed by atoms with E-state index in [-0.39, 0.29) is 61.7 Å². The highest BCUT2D eigenvalue weighted by atomic mass is 16.3. The second-order valence-electron chi connectivity index (χ2n) is 11.5. The van der Waals surface area contributed by atoms with Crippen LogP contribution in [0.2, 0.25) is 0 Å². The van der Waals surface area contributed by atoms with E-state index in [2.05, 4.69) is 35.0 Å². The van der Waals surface area contributed by atoms with Gasteiger partial charge in [0.1, 0.15) is 18.0 Å². The number of phenolic OH excluding ortho intramolecular Hbond substituents is 1. The van der Waals surface area contributed by atoms with Crippen molar-refractivity contribution in [3.8, 4) is 5.75 Å². The van der Waals surface area contributed by atoms with E-state index in [1.54, 1.807) is 50.2 Å². The van der Waals surface area contributed by atoms with Crippen LogP contribution in [0.5, 0.6) is 5.75 Å². The van der Waals surface area contributed by atoms with Crippen molar-refractivity contribution < 1.29 is 19.5 Å². The zero-order chi connectivity index (χ0) is 30.8. The van der Waals surface area contributed by atoms with E-state index in [1.807, 2.05) is 48.5 Å². The van der Waals surface area contributed by atoms with Crippen LogP contribution in [0.15, 0.2) is 91.1 Å². The molecule has 3 fully saturated rings. The minimum Gasteiger partial charge on any atom is -0.508 e. The normalized spacial score (nSPS) is 25.5. The Morgan fingerprint density at radius 2 is 1.89 bits per heavy atom. The Morgan fingerprint density at radius 3 is 2.64 bits per heavy atom. The van der Waals surface area contributed by atoms with E-state index < -0.39 is 12.2 Å². The molecule has 12 heteroatoms. The summed E-state index contributed by atoms with van der Waals surface area (Å²) in [5.74, 6) is -0.297. The average Bonchev–Trinajstić information content (AvgIpc) is 3.39. The fourth-order valence-electron chi connectivity index (χ4n) is 6.35. The van der Waals surface area contributed by atoms with Crippen molar-refractivity contribution >= 4 is 17.8 Å². The van der Waals surface area contributed by atoms with Crippen LogP contribution in [0, 0.1) is 0 Å². The number of rotatable bonds is 8. The minimum absolute atomic E-state index is 0.0452. The molecule has 4 atom stereocenters. The third-order valence-electron chi connectivity index (χ3n) is 8.53. The second-order valence-corrected chi connectivity index (χ2v) is 11.5. The Morgan fingerprint density at radius 1 is 1.11 bits per heavy atom. The second kappa shape index (κ2) is 12.6. The number of fused-ring (bicyclic) bond motifs is 2. The Balaban J connectivity index is 1.31. The first kappa shape index (κ1) is 29.6. The van der Waals surface area contributed by atoms with Gasteiger partial charge >= 0.3 is 6.03 Å². The number of nitrogens with one attached hydrogen (secondary N) is 3. The molecule has 4 N–H and O–H groups in total. The molecule has 2 unspecified atom stereocenters. The zero-order valence-corrected chi connectivity index (χ0v) is 24.7. The molecule has 0 radical (unpaired) electrons. The summed E-state index contributed by atoms with van der Waals surface area (Å²) in [6.45, 7) is 4.86. The van der Waals surface area contributed by atoms with Crippen molar-refractivity contribution in [2.24, 2.45) is 0 Å². The molecule has 3 saturated heterocycles. The van der Waals surface area contributed by atoms with E-state index in [9.17, 15) is 19.5 Å². The average molecular weight is 599 g/mol. The van der Waals surface area contributed by atoms with Gasteiger partial charge in [0, 0.05) is 33.1 Å². The summed E-state index contributed by atoms with van der Waals surface area (Å²) in [5, 5.41) is 18.1. The molecule has 230 valence electrons. The lowest BCUT2D eigenvalue weighted by Crippen LogP contribution is -2.76. The standard InChI is InChI=1S/C32H38N8O4/c1-3-15-38-21-30(42)39-28(17-22-9-12-25(41)13-10-22)31(43)37(19-24-11-14-27-26(16-24)34-35-36(27)2)20-29(39)40(38)32(44)33-18-23-7-5-4-6-8-23/h3-14,16,26-29,34-35,41H,1,15,17-21H2,2H3,(H,33,44)/t26?,27?,28-,29-/m0/s1. The number of hydrogen-bond donors (Lipinski definition) is 4. The van der Waals surface area contributed by atoms with Gasteiger partial charge in [-0.1, -0.05) is 66.8 Å². The third-order valence-corrected chi connectivity index (χ3v) is 8.53. The molecule has 44 heavy (non-hydrogen) atoms. The maximum Gasteiger partial charge on any atom is 0.334 e. The summed E-state index contributed by atoms with van der Waals surface area (Å²) < 4.78 is 0. The molecule has 0 spiro atoms. The molecule has 0 aromatic heterocycles. The number of carbonyl (C=O) groups is 3. The van der Waals surface area contributed by atoms with Crippen molar-refractivity contribution in [2.75, 3.05) is 33.2 Å². The topological polar surface area (TPSA) is 124 Å². The van der Waals surface area contributed by atoms with Gasteiger partial charge in [0.25, 0.3) is 0 Å². The molecule has 0 saturated carbocycles. The van der Waals surface area contributed by atoms with Gasteiger partial charge < -0.3 is 20.2 Å². The summed E-state index contributed by atoms with van der Waals surface area (Å²) in [6.07, 6.45) is 7.41. The van der Waals surface area contributed by atoms with E-state index in [4.69, 9.17) is 0 Å². The number of phenols is 1. The first-order valence-electron chi connectivity index (χ1n) is 14.8. The number of benzene rings is 2. The summed E-state index contributed by atoms with van der Waals surface area (Å²) >= 11 is 0. The van der Waals surface area contributed by atoms with Crippen LogP contribution in [0.1, 0.15) is 11.1 Å². The maximum atomic E-state index is 14.2. The number of urea groups is 1. The molecule has 1 aliphatic carbocycles. The highest BCUT2D eigenvalue weighted by molar-refractivity contribution is 5.92. The lowest BCUT2D eigenvalue weighted by atomic mass is 9.96. The van der Waals surface area contributed by atoms with Gasteiger partial charge in [-0.05, 0) is 28.8 Å². The summed E-state index contributed by atoms with van der Waals surface area (Å²) in [7, 11) is 1.96. The molecular weight excluding hydrogens is 560 g/mol. The molecule has 3 aliphatic heterocycles. The number of likely N-dealkylation sites (N-methyl/N-ethyl adjacent to an activating group) is 1. The molecule has 2 aromatic carbocycles. The number of nitrogens with zero attached hydrogens (tertiary/aromatic N) is 5. The van der Waals surface area contributed by atoms with Crippen molar-refractivity contribution in [2.45, 2.75) is 37.3 Å². The van der Waals surface area contributed by atoms with Gasteiger partial charge in [0.2, 0.25) is 11.8 Å². The number of hydrazine groups is 3. The highest BCUT2D eigenvalue weighted by Crippen LogP contribution is 2.30. The predicted molar refractivity (Wildman–Crippen MR) is 164 cm³/mol. The molecule has 3 heterocycles. The number of piperazine rings is 1. The molecular formula is C32H38N8O4. The van der Waals surface area contributed by atoms with Gasteiger partial charge in [-0.2, -0.15) is 5.53 Å². The third kappa shape index (κ3) is 5.97. The minimum atomic E-state index is -0.834. The number of amides is 4. The van der Waals surface area contributed by atoms with Crippen LogP contribution < -0.4 is 16.3 Å². The van der Waals surface area contributed by atoms with Crippen molar-refractivity contribution in [3.05, 3.63) is 102 Å². The number of carbonyl (C=O) groups excluding carboxylic acids is 3. The molecule has 12 nitrogen and oxygen atoms in total. The smallest absolute Gasteiger partial charge is 0.334 e. The summed E-state index contributed by atoms with van der Waals surface area (Å²) in [5.41, 5.74) is 9.07. The Bertz CT molecular complexity index is 1460. The van der Waals surface area contributed by atoms with Crippen molar-refractivity contribution in [3.63, 3.8) is 0 Å². The van der Waals surface area contributed by atoms with E-state index in [0.717, 1.165) is 16.7 Å². The summed E-state index contributed by atoms with van der Waals surface area (Å²) in [6, 6.07) is 15.3. The maximum absolute atomic E-state index is 14.2. The van der Waals surface area contributed by atoms with Gasteiger partial charge in [-0.25, -0.2) is 25.2 Å². The largest absolute Gasteiger partial charge is 0.508 e. The lowest BCUT2D eigenvalue weighted by molar-refractivity contribution is -0.188. The van der Waals surface area contributed by atoms with Crippen LogP contribution in [0.25, 0.3) is 0 Å². The van der Waals surface area contributed by atoms with Crippen molar-refractivity contribution in [1.29, 1.82) is 0 Å². The van der Waals surface area contributed by atoms with E-state index in [0.29, 0.717) is 13.1 Å². The molecule has 4 aliphatic rings. The van der Waals surface area contributed by atoms with Crippen LogP contribution in [-0.4, -0.2) is 105 Å². The molecule has 0 bridgehead atoms. The van der Waals surface area contributed by atoms with Gasteiger partial charge in [-0.15, -0.1) is 6.58 Å². The highest BCUT2D eigenvalue weighted by Gasteiger charge is 2.51. The summed E-state index contributed by atoms with van der Waals surface area (Å²) in [4.78, 5) is 45.1. The number of hydrogen-bond acceptors (Lipinski definition) is 8.